The Balaban J connectivity index is 2.07. The van der Waals surface area contributed by atoms with E-state index in [4.69, 9.17) is 14.2 Å². The Morgan fingerprint density at radius 2 is 1.75 bits per heavy atom. The largest absolute Gasteiger partial charge is 0.493 e. The third-order valence-corrected chi connectivity index (χ3v) is 3.72. The fraction of sp³-hybridized carbons (Fsp3) is 0.333. The van der Waals surface area contributed by atoms with Crippen LogP contribution in [-0.4, -0.2) is 27.9 Å². The lowest BCUT2D eigenvalue weighted by molar-refractivity contribution is 0.324. The van der Waals surface area contributed by atoms with Gasteiger partial charge in [-0.05, 0) is 28.8 Å². The first kappa shape index (κ1) is 14.5. The Morgan fingerprint density at radius 3 is 2.25 bits per heavy atom. The maximum absolute atomic E-state index is 5.33. The predicted molar refractivity (Wildman–Crippen MR) is 82.6 cm³/mol. The molecule has 0 radical (unpaired) electrons. The Labute approximate surface area is 123 Å². The summed E-state index contributed by atoms with van der Waals surface area (Å²) in [6.07, 6.45) is 0.986. The molecule has 5 heteroatoms. The second-order valence-electron chi connectivity index (χ2n) is 4.22. The predicted octanol–water partition coefficient (Wildman–Crippen LogP) is 3.43. The lowest BCUT2D eigenvalue weighted by Crippen LogP contribution is -2.05. The molecule has 1 N–H and O–H groups in total. The minimum atomic E-state index is 0.610. The number of benzene rings is 1. The average Bonchev–Trinajstić information content (AvgIpc) is 2.99. The van der Waals surface area contributed by atoms with Gasteiger partial charge in [0.05, 0.1) is 21.3 Å². The lowest BCUT2D eigenvalue weighted by Gasteiger charge is -2.15. The summed E-state index contributed by atoms with van der Waals surface area (Å²) < 4.78 is 16.0. The van der Waals surface area contributed by atoms with E-state index in [9.17, 15) is 0 Å². The molecule has 1 aromatic carbocycles. The van der Waals surface area contributed by atoms with E-state index in [0.29, 0.717) is 17.2 Å². The minimum Gasteiger partial charge on any atom is -0.493 e. The van der Waals surface area contributed by atoms with Gasteiger partial charge in [0.2, 0.25) is 5.75 Å². The zero-order valence-corrected chi connectivity index (χ0v) is 12.8. The molecule has 20 heavy (non-hydrogen) atoms. The van der Waals surface area contributed by atoms with Crippen molar-refractivity contribution in [3.05, 3.63) is 34.5 Å². The van der Waals surface area contributed by atoms with Gasteiger partial charge in [-0.15, -0.1) is 0 Å². The summed E-state index contributed by atoms with van der Waals surface area (Å²) in [5.74, 6) is 1.92. The molecular weight excluding hydrogens is 274 g/mol. The maximum Gasteiger partial charge on any atom is 0.203 e. The van der Waals surface area contributed by atoms with Crippen LogP contribution in [0.4, 0.5) is 5.69 Å². The molecule has 108 valence electrons. The van der Waals surface area contributed by atoms with Gasteiger partial charge in [0.25, 0.3) is 0 Å². The van der Waals surface area contributed by atoms with Crippen LogP contribution < -0.4 is 19.5 Å². The molecule has 0 unspecified atom stereocenters. The molecule has 2 rings (SSSR count). The van der Waals surface area contributed by atoms with E-state index in [0.717, 1.165) is 18.7 Å². The zero-order chi connectivity index (χ0) is 14.4. The van der Waals surface area contributed by atoms with Crippen molar-refractivity contribution in [1.82, 2.24) is 0 Å². The highest BCUT2D eigenvalue weighted by Gasteiger charge is 2.12. The van der Waals surface area contributed by atoms with Crippen molar-refractivity contribution >= 4 is 17.0 Å². The van der Waals surface area contributed by atoms with Crippen molar-refractivity contribution in [2.24, 2.45) is 0 Å². The molecule has 4 nitrogen and oxygen atoms in total. The number of hydrogen-bond donors (Lipinski definition) is 1. The van der Waals surface area contributed by atoms with Crippen LogP contribution in [0.25, 0.3) is 0 Å². The first-order valence-corrected chi connectivity index (χ1v) is 7.27. The van der Waals surface area contributed by atoms with Crippen molar-refractivity contribution < 1.29 is 14.2 Å². The van der Waals surface area contributed by atoms with Gasteiger partial charge in [-0.3, -0.25) is 0 Å². The molecular formula is C15H19NO3S. The highest BCUT2D eigenvalue weighted by atomic mass is 32.1. The second kappa shape index (κ2) is 7.05. The highest BCUT2D eigenvalue weighted by Crippen LogP contribution is 2.39. The molecule has 0 aliphatic heterocycles. The Bertz CT molecular complexity index is 515. The van der Waals surface area contributed by atoms with Crippen molar-refractivity contribution in [1.29, 1.82) is 0 Å². The fourth-order valence-electron chi connectivity index (χ4n) is 1.97. The monoisotopic (exact) mass is 293 g/mol. The summed E-state index contributed by atoms with van der Waals surface area (Å²) in [4.78, 5) is 0. The first-order chi connectivity index (χ1) is 9.78. The standard InChI is InChI=1S/C15H19NO3S/c1-17-13-8-12(9-14(18-2)15(13)19-3)16-6-4-11-5-7-20-10-11/h5,7-10,16H,4,6H2,1-3H3. The Hall–Kier alpha value is -1.88. The van der Waals surface area contributed by atoms with Gasteiger partial charge in [0.15, 0.2) is 11.5 Å². The molecule has 0 bridgehead atoms. The van der Waals surface area contributed by atoms with E-state index in [-0.39, 0.29) is 0 Å². The van der Waals surface area contributed by atoms with Crippen molar-refractivity contribution in [2.45, 2.75) is 6.42 Å². The molecule has 0 atom stereocenters. The third-order valence-electron chi connectivity index (χ3n) is 2.99. The van der Waals surface area contributed by atoms with Crippen LogP contribution in [0.2, 0.25) is 0 Å². The molecule has 1 heterocycles. The molecule has 1 aromatic heterocycles. The number of ether oxygens (including phenoxy) is 3. The summed E-state index contributed by atoms with van der Waals surface area (Å²) in [5, 5.41) is 7.63. The van der Waals surface area contributed by atoms with Crippen molar-refractivity contribution in [3.63, 3.8) is 0 Å². The number of thiophene rings is 1. The Morgan fingerprint density at radius 1 is 1.05 bits per heavy atom. The van der Waals surface area contributed by atoms with Crippen LogP contribution in [0, 0.1) is 0 Å². The summed E-state index contributed by atoms with van der Waals surface area (Å²) >= 11 is 1.72. The minimum absolute atomic E-state index is 0.610. The van der Waals surface area contributed by atoms with Crippen LogP contribution in [0.15, 0.2) is 29.0 Å². The van der Waals surface area contributed by atoms with Crippen LogP contribution in [-0.2, 0) is 6.42 Å². The number of anilines is 1. The van der Waals surface area contributed by atoms with Crippen LogP contribution >= 0.6 is 11.3 Å². The van der Waals surface area contributed by atoms with E-state index in [1.165, 1.54) is 5.56 Å². The summed E-state index contributed by atoms with van der Waals surface area (Å²) in [5.41, 5.74) is 2.30. The van der Waals surface area contributed by atoms with Gasteiger partial charge in [0, 0.05) is 24.4 Å². The highest BCUT2D eigenvalue weighted by molar-refractivity contribution is 7.07. The van der Waals surface area contributed by atoms with E-state index < -0.39 is 0 Å². The average molecular weight is 293 g/mol. The van der Waals surface area contributed by atoms with Gasteiger partial charge in [-0.25, -0.2) is 0 Å². The van der Waals surface area contributed by atoms with Crippen molar-refractivity contribution in [2.75, 3.05) is 33.2 Å². The summed E-state index contributed by atoms with van der Waals surface area (Å²) in [6.45, 7) is 0.857. The van der Waals surface area contributed by atoms with Gasteiger partial charge < -0.3 is 19.5 Å². The number of hydrogen-bond acceptors (Lipinski definition) is 5. The van der Waals surface area contributed by atoms with E-state index in [1.54, 1.807) is 32.7 Å². The summed E-state index contributed by atoms with van der Waals surface area (Å²) in [7, 11) is 4.84. The van der Waals surface area contributed by atoms with Gasteiger partial charge in [0.1, 0.15) is 0 Å². The SMILES string of the molecule is COc1cc(NCCc2ccsc2)cc(OC)c1OC. The fourth-order valence-corrected chi connectivity index (χ4v) is 2.67. The number of nitrogens with one attached hydrogen (secondary N) is 1. The van der Waals surface area contributed by atoms with Gasteiger partial charge >= 0.3 is 0 Å². The molecule has 0 spiro atoms. The smallest absolute Gasteiger partial charge is 0.203 e. The van der Waals surface area contributed by atoms with Gasteiger partial charge in [-0.2, -0.15) is 11.3 Å². The lowest BCUT2D eigenvalue weighted by atomic mass is 10.2. The molecule has 0 saturated heterocycles. The third kappa shape index (κ3) is 3.36. The normalized spacial score (nSPS) is 10.2. The van der Waals surface area contributed by atoms with Crippen molar-refractivity contribution in [3.8, 4) is 17.2 Å². The van der Waals surface area contributed by atoms with E-state index in [1.807, 2.05) is 12.1 Å². The van der Waals surface area contributed by atoms with Gasteiger partial charge in [-0.1, -0.05) is 0 Å². The first-order valence-electron chi connectivity index (χ1n) is 6.33. The van der Waals surface area contributed by atoms with Crippen LogP contribution in [0.5, 0.6) is 17.2 Å². The molecule has 0 amide bonds. The van der Waals surface area contributed by atoms with E-state index in [2.05, 4.69) is 22.1 Å². The Kier molecular flexibility index (Phi) is 5.12. The quantitative estimate of drug-likeness (QED) is 0.849. The molecule has 0 saturated carbocycles. The summed E-state index contributed by atoms with van der Waals surface area (Å²) in [6, 6.07) is 5.96. The van der Waals surface area contributed by atoms with E-state index >= 15 is 0 Å². The second-order valence-corrected chi connectivity index (χ2v) is 5.00. The topological polar surface area (TPSA) is 39.7 Å². The molecule has 0 aliphatic carbocycles. The number of rotatable bonds is 7. The molecule has 0 fully saturated rings. The zero-order valence-electron chi connectivity index (χ0n) is 11.9. The van der Waals surface area contributed by atoms with Crippen LogP contribution in [0.3, 0.4) is 0 Å². The maximum atomic E-state index is 5.33. The molecule has 2 aromatic rings. The number of methoxy groups -OCH3 is 3. The molecule has 0 aliphatic rings. The van der Waals surface area contributed by atoms with Crippen LogP contribution in [0.1, 0.15) is 5.56 Å².